The molecule has 0 saturated carbocycles. The van der Waals surface area contributed by atoms with Crippen molar-refractivity contribution >= 4 is 16.8 Å². The topological polar surface area (TPSA) is 31.2 Å². The van der Waals surface area contributed by atoms with E-state index in [2.05, 4.69) is 30.7 Å². The zero-order valence-electron chi connectivity index (χ0n) is 18.3. The minimum absolute atomic E-state index is 0.0627. The molecule has 0 N–H and O–H groups in total. The van der Waals surface area contributed by atoms with Crippen LogP contribution < -0.4 is 4.74 Å². The van der Waals surface area contributed by atoms with Crippen LogP contribution in [0, 0.1) is 0 Å². The molecule has 3 aromatic carbocycles. The smallest absolute Gasteiger partial charge is 0.394 e. The highest BCUT2D eigenvalue weighted by molar-refractivity contribution is 6.02. The summed E-state index contributed by atoms with van der Waals surface area (Å²) in [5, 5.41) is 1.02. The lowest BCUT2D eigenvalue weighted by Gasteiger charge is -2.13. The molecule has 3 nitrogen and oxygen atoms in total. The molecule has 1 heterocycles. The molecule has 4 aromatic rings. The Morgan fingerprint density at radius 3 is 2.28 bits per heavy atom. The Morgan fingerprint density at radius 1 is 0.938 bits per heavy atom. The van der Waals surface area contributed by atoms with E-state index < -0.39 is 6.11 Å². The molecule has 0 saturated heterocycles. The van der Waals surface area contributed by atoms with E-state index in [0.717, 1.165) is 27.6 Å². The summed E-state index contributed by atoms with van der Waals surface area (Å²) >= 11 is 0. The van der Waals surface area contributed by atoms with Crippen molar-refractivity contribution in [3.05, 3.63) is 90.1 Å². The molecule has 32 heavy (non-hydrogen) atoms. The summed E-state index contributed by atoms with van der Waals surface area (Å²) in [6.07, 6.45) is -1.19. The second kappa shape index (κ2) is 8.58. The van der Waals surface area contributed by atoms with Crippen LogP contribution in [0.25, 0.3) is 22.0 Å². The van der Waals surface area contributed by atoms with Crippen LogP contribution in [0.1, 0.15) is 42.6 Å². The Bertz CT molecular complexity index is 1250. The van der Waals surface area contributed by atoms with Crippen LogP contribution in [0.4, 0.5) is 8.78 Å². The Morgan fingerprint density at radius 2 is 1.59 bits per heavy atom. The summed E-state index contributed by atoms with van der Waals surface area (Å²) in [5.41, 5.74) is 4.94. The Balaban J connectivity index is 1.68. The molecular weight excluding hydrogens is 408 g/mol. The number of fused-ring (bicyclic) bond motifs is 1. The lowest BCUT2D eigenvalue weighted by Crippen LogP contribution is -2.19. The van der Waals surface area contributed by atoms with Gasteiger partial charge in [0.1, 0.15) is 5.75 Å². The minimum atomic E-state index is -3.25. The van der Waals surface area contributed by atoms with Gasteiger partial charge >= 0.3 is 6.11 Å². The SMILES string of the molecule is CC(C)c1ccccc1-c1cn(C(=O)Cc2ccc(OC(C)(F)F)cc2)c2ccccc12. The summed E-state index contributed by atoms with van der Waals surface area (Å²) in [7, 11) is 0. The molecule has 0 atom stereocenters. The molecule has 4 rings (SSSR count). The molecule has 164 valence electrons. The number of nitrogens with zero attached hydrogens (tertiary/aromatic N) is 1. The van der Waals surface area contributed by atoms with E-state index in [1.54, 1.807) is 16.7 Å². The number of para-hydroxylation sites is 1. The Hall–Kier alpha value is -3.47. The number of rotatable bonds is 6. The van der Waals surface area contributed by atoms with Crippen molar-refractivity contribution in [3.8, 4) is 16.9 Å². The molecule has 0 amide bonds. The van der Waals surface area contributed by atoms with Crippen molar-refractivity contribution in [3.63, 3.8) is 0 Å². The number of alkyl halides is 2. The predicted molar refractivity (Wildman–Crippen MR) is 123 cm³/mol. The maximum atomic E-state index is 13.2. The van der Waals surface area contributed by atoms with Crippen LogP contribution in [0.3, 0.4) is 0 Å². The number of halogens is 2. The Kier molecular flexibility index (Phi) is 5.83. The quantitative estimate of drug-likeness (QED) is 0.319. The van der Waals surface area contributed by atoms with E-state index in [1.807, 2.05) is 42.6 Å². The van der Waals surface area contributed by atoms with Gasteiger partial charge in [0, 0.05) is 24.1 Å². The molecular formula is C27H25F2NO2. The third kappa shape index (κ3) is 4.57. The zero-order valence-corrected chi connectivity index (χ0v) is 18.3. The standard InChI is InChI=1S/C27H25F2NO2/c1-18(2)21-8-4-5-9-22(21)24-17-30(25-11-7-6-10-23(24)25)26(31)16-19-12-14-20(15-13-19)32-27(3,28)29/h4-15,17-18H,16H2,1-3H3. The van der Waals surface area contributed by atoms with Gasteiger partial charge in [0.2, 0.25) is 5.91 Å². The average Bonchev–Trinajstić information content (AvgIpc) is 3.14. The van der Waals surface area contributed by atoms with E-state index in [9.17, 15) is 13.6 Å². The van der Waals surface area contributed by atoms with Gasteiger partial charge in [-0.2, -0.15) is 8.78 Å². The molecule has 1 aromatic heterocycles. The normalized spacial score (nSPS) is 11.8. The molecule has 0 fully saturated rings. The number of carbonyl (C=O) groups is 1. The van der Waals surface area contributed by atoms with Gasteiger partial charge in [-0.25, -0.2) is 0 Å². The first kappa shape index (κ1) is 21.8. The first-order valence-electron chi connectivity index (χ1n) is 10.6. The van der Waals surface area contributed by atoms with Gasteiger partial charge < -0.3 is 4.74 Å². The number of benzene rings is 3. The summed E-state index contributed by atoms with van der Waals surface area (Å²) in [5.74, 6) is 0.317. The molecule has 0 radical (unpaired) electrons. The number of ether oxygens (including phenoxy) is 1. The van der Waals surface area contributed by atoms with Gasteiger partial charge in [0.15, 0.2) is 0 Å². The van der Waals surface area contributed by atoms with Gasteiger partial charge in [-0.05, 0) is 40.8 Å². The average molecular weight is 433 g/mol. The fourth-order valence-corrected chi connectivity index (χ4v) is 3.99. The predicted octanol–water partition coefficient (Wildman–Crippen LogP) is 7.31. The lowest BCUT2D eigenvalue weighted by molar-refractivity contribution is -0.158. The second-order valence-electron chi connectivity index (χ2n) is 8.30. The van der Waals surface area contributed by atoms with Crippen molar-refractivity contribution in [2.24, 2.45) is 0 Å². The van der Waals surface area contributed by atoms with Gasteiger partial charge in [-0.3, -0.25) is 9.36 Å². The van der Waals surface area contributed by atoms with Crippen molar-refractivity contribution in [2.75, 3.05) is 0 Å². The van der Waals surface area contributed by atoms with E-state index in [4.69, 9.17) is 0 Å². The highest BCUT2D eigenvalue weighted by Crippen LogP contribution is 2.35. The summed E-state index contributed by atoms with van der Waals surface area (Å²) < 4.78 is 32.3. The second-order valence-corrected chi connectivity index (χ2v) is 8.30. The first-order valence-corrected chi connectivity index (χ1v) is 10.6. The number of hydrogen-bond acceptors (Lipinski definition) is 2. The van der Waals surface area contributed by atoms with E-state index in [-0.39, 0.29) is 18.1 Å². The first-order chi connectivity index (χ1) is 15.2. The number of aromatic nitrogens is 1. The summed E-state index contributed by atoms with van der Waals surface area (Å²) in [6, 6.07) is 22.3. The monoisotopic (exact) mass is 433 g/mol. The van der Waals surface area contributed by atoms with Crippen molar-refractivity contribution in [1.29, 1.82) is 0 Å². The Labute approximate surface area is 186 Å². The number of hydrogen-bond donors (Lipinski definition) is 0. The van der Waals surface area contributed by atoms with E-state index in [1.165, 1.54) is 17.7 Å². The van der Waals surface area contributed by atoms with Crippen LogP contribution >= 0.6 is 0 Å². The minimum Gasteiger partial charge on any atom is -0.433 e. The van der Waals surface area contributed by atoms with E-state index >= 15 is 0 Å². The molecule has 0 unspecified atom stereocenters. The van der Waals surface area contributed by atoms with Crippen LogP contribution in [-0.4, -0.2) is 16.6 Å². The van der Waals surface area contributed by atoms with E-state index in [0.29, 0.717) is 12.8 Å². The summed E-state index contributed by atoms with van der Waals surface area (Å²) in [4.78, 5) is 13.2. The highest BCUT2D eigenvalue weighted by Gasteiger charge is 2.23. The fourth-order valence-electron chi connectivity index (χ4n) is 3.99. The third-order valence-corrected chi connectivity index (χ3v) is 5.43. The number of carbonyl (C=O) groups excluding carboxylic acids is 1. The highest BCUT2D eigenvalue weighted by atomic mass is 19.3. The summed E-state index contributed by atoms with van der Waals surface area (Å²) in [6.45, 7) is 5.01. The van der Waals surface area contributed by atoms with Crippen molar-refractivity contribution < 1.29 is 18.3 Å². The molecule has 5 heteroatoms. The molecule has 0 aliphatic heterocycles. The third-order valence-electron chi connectivity index (χ3n) is 5.43. The van der Waals surface area contributed by atoms with Crippen molar-refractivity contribution in [2.45, 2.75) is 39.2 Å². The largest absolute Gasteiger partial charge is 0.433 e. The molecule has 0 aliphatic carbocycles. The fraction of sp³-hybridized carbons (Fsp3) is 0.222. The maximum Gasteiger partial charge on any atom is 0.394 e. The van der Waals surface area contributed by atoms with Gasteiger partial charge in [-0.1, -0.05) is 68.4 Å². The van der Waals surface area contributed by atoms with Gasteiger partial charge in [0.25, 0.3) is 0 Å². The molecule has 0 bridgehead atoms. The lowest BCUT2D eigenvalue weighted by atomic mass is 9.92. The molecule has 0 aliphatic rings. The van der Waals surface area contributed by atoms with Crippen LogP contribution in [0.15, 0.2) is 79.0 Å². The van der Waals surface area contributed by atoms with Gasteiger partial charge in [0.05, 0.1) is 11.9 Å². The van der Waals surface area contributed by atoms with Crippen molar-refractivity contribution in [1.82, 2.24) is 4.57 Å². The molecule has 0 spiro atoms. The van der Waals surface area contributed by atoms with Crippen LogP contribution in [0.5, 0.6) is 5.75 Å². The van der Waals surface area contributed by atoms with Crippen LogP contribution in [0.2, 0.25) is 0 Å². The van der Waals surface area contributed by atoms with Crippen LogP contribution in [-0.2, 0) is 6.42 Å². The maximum absolute atomic E-state index is 13.2. The van der Waals surface area contributed by atoms with Gasteiger partial charge in [-0.15, -0.1) is 0 Å². The zero-order chi connectivity index (χ0) is 22.9.